The molecule has 0 amide bonds. The maximum atomic E-state index is 5.05. The zero-order chi connectivity index (χ0) is 22.8. The highest BCUT2D eigenvalue weighted by Gasteiger charge is 2.18. The molecule has 5 nitrogen and oxygen atoms in total. The Balaban J connectivity index is 1.63. The summed E-state index contributed by atoms with van der Waals surface area (Å²) in [5.41, 5.74) is 6.82. The minimum absolute atomic E-state index is 0.150. The molecule has 33 heavy (non-hydrogen) atoms. The molecule has 3 aromatic heterocycles. The van der Waals surface area contributed by atoms with Crippen molar-refractivity contribution in [3.63, 3.8) is 0 Å². The van der Waals surface area contributed by atoms with Gasteiger partial charge in [-0.2, -0.15) is 0 Å². The Labute approximate surface area is 194 Å². The summed E-state index contributed by atoms with van der Waals surface area (Å²) in [6.07, 6.45) is 6.37. The van der Waals surface area contributed by atoms with E-state index in [2.05, 4.69) is 94.3 Å². The molecule has 0 saturated heterocycles. The van der Waals surface area contributed by atoms with E-state index in [1.165, 1.54) is 11.1 Å². The van der Waals surface area contributed by atoms with Crippen LogP contribution in [0.15, 0.2) is 91.4 Å². The summed E-state index contributed by atoms with van der Waals surface area (Å²) >= 11 is 0. The molecule has 0 radical (unpaired) electrons. The van der Waals surface area contributed by atoms with Gasteiger partial charge in [0.2, 0.25) is 0 Å². The van der Waals surface area contributed by atoms with Gasteiger partial charge in [0, 0.05) is 44.7 Å². The molecule has 0 aliphatic heterocycles. The fraction of sp³-hybridized carbons (Fsp3) is 0.179. The van der Waals surface area contributed by atoms with E-state index in [0.29, 0.717) is 0 Å². The van der Waals surface area contributed by atoms with Crippen LogP contribution < -0.4 is 4.90 Å². The average Bonchev–Trinajstić information content (AvgIpc) is 3.21. The van der Waals surface area contributed by atoms with E-state index in [9.17, 15) is 0 Å². The number of imidazole rings is 1. The van der Waals surface area contributed by atoms with Crippen molar-refractivity contribution in [1.82, 2.24) is 19.5 Å². The van der Waals surface area contributed by atoms with Crippen LogP contribution in [0.25, 0.3) is 22.2 Å². The quantitative estimate of drug-likeness (QED) is 0.342. The second-order valence-corrected chi connectivity index (χ2v) is 8.52. The van der Waals surface area contributed by atoms with Crippen molar-refractivity contribution >= 4 is 16.9 Å². The maximum absolute atomic E-state index is 5.05. The standard InChI is InChI=1S/C28H27N5/c1-20(22-7-5-4-6-8-22)33-26-18-23(24-10-12-27(30-19-24)32(2)3)9-11-25(26)31-28(33)17-21-13-15-29-16-14-21/h4-16,18-20H,17H2,1-3H3. The highest BCUT2D eigenvalue weighted by Crippen LogP contribution is 2.31. The SMILES string of the molecule is CC(c1ccccc1)n1c(Cc2ccncc2)nc2ccc(-c3ccc(N(C)C)nc3)cc21. The molecule has 0 aliphatic carbocycles. The van der Waals surface area contributed by atoms with Crippen LogP contribution in [0.5, 0.6) is 0 Å². The maximum Gasteiger partial charge on any atom is 0.127 e. The second-order valence-electron chi connectivity index (χ2n) is 8.52. The number of rotatable bonds is 6. The summed E-state index contributed by atoms with van der Waals surface area (Å²) in [6, 6.07) is 25.5. The number of fused-ring (bicyclic) bond motifs is 1. The van der Waals surface area contributed by atoms with E-state index in [4.69, 9.17) is 4.98 Å². The molecule has 0 aliphatic rings. The van der Waals surface area contributed by atoms with Gasteiger partial charge in [0.1, 0.15) is 11.6 Å². The molecular formula is C28H27N5. The molecule has 0 N–H and O–H groups in total. The van der Waals surface area contributed by atoms with Gasteiger partial charge in [0.05, 0.1) is 17.1 Å². The van der Waals surface area contributed by atoms with Crippen LogP contribution in [0.1, 0.15) is 29.9 Å². The van der Waals surface area contributed by atoms with Crippen LogP contribution >= 0.6 is 0 Å². The molecule has 1 atom stereocenters. The molecule has 0 spiro atoms. The first kappa shape index (κ1) is 20.9. The van der Waals surface area contributed by atoms with Crippen LogP contribution in [0, 0.1) is 0 Å². The molecular weight excluding hydrogens is 406 g/mol. The lowest BCUT2D eigenvalue weighted by atomic mass is 10.1. The lowest BCUT2D eigenvalue weighted by Crippen LogP contribution is -2.11. The minimum Gasteiger partial charge on any atom is -0.363 e. The summed E-state index contributed by atoms with van der Waals surface area (Å²) in [5, 5.41) is 0. The summed E-state index contributed by atoms with van der Waals surface area (Å²) in [5.74, 6) is 1.99. The van der Waals surface area contributed by atoms with Gasteiger partial charge in [-0.25, -0.2) is 9.97 Å². The normalized spacial score (nSPS) is 12.1. The fourth-order valence-corrected chi connectivity index (χ4v) is 4.26. The van der Waals surface area contributed by atoms with E-state index >= 15 is 0 Å². The van der Waals surface area contributed by atoms with Crippen molar-refractivity contribution in [2.75, 3.05) is 19.0 Å². The molecule has 0 fully saturated rings. The molecule has 5 heteroatoms. The van der Waals surface area contributed by atoms with Crippen molar-refractivity contribution in [1.29, 1.82) is 0 Å². The van der Waals surface area contributed by atoms with Crippen molar-refractivity contribution in [3.05, 3.63) is 108 Å². The van der Waals surface area contributed by atoms with Gasteiger partial charge in [-0.1, -0.05) is 36.4 Å². The largest absolute Gasteiger partial charge is 0.363 e. The Morgan fingerprint density at radius 3 is 2.33 bits per heavy atom. The van der Waals surface area contributed by atoms with Gasteiger partial charge in [-0.15, -0.1) is 0 Å². The van der Waals surface area contributed by atoms with Crippen molar-refractivity contribution in [2.45, 2.75) is 19.4 Å². The summed E-state index contributed by atoms with van der Waals surface area (Å²) in [4.78, 5) is 15.8. The predicted molar refractivity (Wildman–Crippen MR) is 135 cm³/mol. The number of nitrogens with zero attached hydrogens (tertiary/aromatic N) is 5. The summed E-state index contributed by atoms with van der Waals surface area (Å²) < 4.78 is 2.37. The van der Waals surface area contributed by atoms with Gasteiger partial charge < -0.3 is 9.47 Å². The van der Waals surface area contributed by atoms with E-state index in [0.717, 1.165) is 40.2 Å². The van der Waals surface area contributed by atoms with Gasteiger partial charge in [-0.3, -0.25) is 4.98 Å². The third kappa shape index (κ3) is 4.22. The Bertz CT molecular complexity index is 1360. The van der Waals surface area contributed by atoms with Gasteiger partial charge in [0.15, 0.2) is 0 Å². The van der Waals surface area contributed by atoms with Crippen LogP contribution in [0.3, 0.4) is 0 Å². The van der Waals surface area contributed by atoms with Crippen LogP contribution in [-0.2, 0) is 6.42 Å². The van der Waals surface area contributed by atoms with E-state index in [-0.39, 0.29) is 6.04 Å². The zero-order valence-corrected chi connectivity index (χ0v) is 19.2. The number of aromatic nitrogens is 4. The van der Waals surface area contributed by atoms with E-state index in [1.807, 2.05) is 37.6 Å². The lowest BCUT2D eigenvalue weighted by Gasteiger charge is -2.19. The molecule has 3 heterocycles. The van der Waals surface area contributed by atoms with Crippen molar-refractivity contribution in [3.8, 4) is 11.1 Å². The monoisotopic (exact) mass is 433 g/mol. The number of hydrogen-bond acceptors (Lipinski definition) is 4. The third-order valence-electron chi connectivity index (χ3n) is 6.08. The van der Waals surface area contributed by atoms with Crippen LogP contribution in [0.4, 0.5) is 5.82 Å². The third-order valence-corrected chi connectivity index (χ3v) is 6.08. The Morgan fingerprint density at radius 2 is 1.64 bits per heavy atom. The summed E-state index contributed by atoms with van der Waals surface area (Å²) in [7, 11) is 4.00. The van der Waals surface area contributed by atoms with Crippen LogP contribution in [-0.4, -0.2) is 33.6 Å². The molecule has 5 rings (SSSR count). The molecule has 0 bridgehead atoms. The molecule has 0 saturated carbocycles. The highest BCUT2D eigenvalue weighted by molar-refractivity contribution is 5.83. The Kier molecular flexibility index (Phi) is 5.61. The zero-order valence-electron chi connectivity index (χ0n) is 19.2. The number of benzene rings is 2. The van der Waals surface area contributed by atoms with Crippen molar-refractivity contribution in [2.24, 2.45) is 0 Å². The van der Waals surface area contributed by atoms with E-state index in [1.54, 1.807) is 0 Å². The lowest BCUT2D eigenvalue weighted by molar-refractivity contribution is 0.627. The smallest absolute Gasteiger partial charge is 0.127 e. The Morgan fingerprint density at radius 1 is 0.879 bits per heavy atom. The first-order valence-electron chi connectivity index (χ1n) is 11.2. The second kappa shape index (κ2) is 8.87. The average molecular weight is 434 g/mol. The van der Waals surface area contributed by atoms with Crippen LogP contribution in [0.2, 0.25) is 0 Å². The van der Waals surface area contributed by atoms with Gasteiger partial charge in [0.25, 0.3) is 0 Å². The number of hydrogen-bond donors (Lipinski definition) is 0. The molecule has 1 unspecified atom stereocenters. The molecule has 2 aromatic carbocycles. The Hall–Kier alpha value is -3.99. The molecule has 5 aromatic rings. The minimum atomic E-state index is 0.150. The first-order chi connectivity index (χ1) is 16.1. The fourth-order valence-electron chi connectivity index (χ4n) is 4.26. The van der Waals surface area contributed by atoms with Gasteiger partial charge >= 0.3 is 0 Å². The predicted octanol–water partition coefficient (Wildman–Crippen LogP) is 5.76. The number of anilines is 1. The highest BCUT2D eigenvalue weighted by atomic mass is 15.1. The first-order valence-corrected chi connectivity index (χ1v) is 11.2. The molecule has 164 valence electrons. The summed E-state index contributed by atoms with van der Waals surface area (Å²) in [6.45, 7) is 2.24. The van der Waals surface area contributed by atoms with Crippen molar-refractivity contribution < 1.29 is 0 Å². The van der Waals surface area contributed by atoms with E-state index < -0.39 is 0 Å². The van der Waals surface area contributed by atoms with Gasteiger partial charge in [-0.05, 0) is 60.0 Å². The topological polar surface area (TPSA) is 46.8 Å². The number of pyridine rings is 2.